The molecule has 138 valence electrons. The van der Waals surface area contributed by atoms with Crippen LogP contribution in [-0.4, -0.2) is 26.4 Å². The van der Waals surface area contributed by atoms with Crippen LogP contribution >= 0.6 is 0 Å². The molecule has 1 rings (SSSR count). The normalized spacial score (nSPS) is 14.0. The highest BCUT2D eigenvalue weighted by Crippen LogP contribution is 2.41. The number of rotatable bonds is 4. The zero-order valence-electron chi connectivity index (χ0n) is 17.9. The molecule has 1 heterocycles. The third kappa shape index (κ3) is 4.46. The van der Waals surface area contributed by atoms with Crippen molar-refractivity contribution < 1.29 is 0 Å². The van der Waals surface area contributed by atoms with Gasteiger partial charge in [0.25, 0.3) is 0 Å². The van der Waals surface area contributed by atoms with E-state index in [4.69, 9.17) is 9.97 Å². The van der Waals surface area contributed by atoms with Gasteiger partial charge in [0.2, 0.25) is 5.95 Å². The second-order valence-electron chi connectivity index (χ2n) is 10.1. The smallest absolute Gasteiger partial charge is 0.231 e. The molecule has 1 aromatic rings. The van der Waals surface area contributed by atoms with Crippen LogP contribution in [-0.2, 0) is 0 Å². The van der Waals surface area contributed by atoms with Crippen LogP contribution in [0, 0.1) is 13.8 Å². The van der Waals surface area contributed by atoms with Gasteiger partial charge < -0.3 is 4.67 Å². The molecule has 24 heavy (non-hydrogen) atoms. The molecule has 4 nitrogen and oxygen atoms in total. The molecule has 6 heteroatoms. The van der Waals surface area contributed by atoms with Crippen molar-refractivity contribution in [1.29, 1.82) is 0 Å². The molecule has 0 bridgehead atoms. The average molecular weight is 367 g/mol. The first kappa shape index (κ1) is 21.3. The second-order valence-corrected chi connectivity index (χ2v) is 20.1. The number of aromatic nitrogens is 2. The summed E-state index contributed by atoms with van der Waals surface area (Å²) < 4.78 is 2.38. The summed E-state index contributed by atoms with van der Waals surface area (Å²) in [7, 11) is -3.62. The highest BCUT2D eigenvalue weighted by molar-refractivity contribution is 6.86. The summed E-state index contributed by atoms with van der Waals surface area (Å²) in [5.74, 6) is 0.837. The summed E-state index contributed by atoms with van der Waals surface area (Å²) >= 11 is 0. The summed E-state index contributed by atoms with van der Waals surface area (Å²) in [5, 5.41) is 4.40. The minimum atomic E-state index is -1.88. The van der Waals surface area contributed by atoms with E-state index in [9.17, 15) is 0 Å². The quantitative estimate of drug-likeness (QED) is 0.571. The Morgan fingerprint density at radius 1 is 0.833 bits per heavy atom. The Morgan fingerprint density at radius 3 is 1.58 bits per heavy atom. The summed E-state index contributed by atoms with van der Waals surface area (Å²) in [6, 6.07) is 2.04. The Bertz CT molecular complexity index is 563. The van der Waals surface area contributed by atoms with E-state index < -0.39 is 16.5 Å². The Balaban J connectivity index is 3.48. The first-order valence-corrected chi connectivity index (χ1v) is 14.8. The maximum Gasteiger partial charge on any atom is 0.231 e. The van der Waals surface area contributed by atoms with Gasteiger partial charge in [0, 0.05) is 11.4 Å². The van der Waals surface area contributed by atoms with E-state index in [1.165, 1.54) is 0 Å². The van der Waals surface area contributed by atoms with Gasteiger partial charge in [-0.1, -0.05) is 54.6 Å². The van der Waals surface area contributed by atoms with Crippen LogP contribution in [0.2, 0.25) is 36.3 Å². The van der Waals surface area contributed by atoms with Crippen LogP contribution in [0.3, 0.4) is 0 Å². The Hall–Kier alpha value is -0.726. The van der Waals surface area contributed by atoms with E-state index in [1.807, 2.05) is 19.9 Å². The zero-order valence-corrected chi connectivity index (χ0v) is 19.9. The van der Waals surface area contributed by atoms with Crippen molar-refractivity contribution in [3.63, 3.8) is 0 Å². The topological polar surface area (TPSA) is 41.1 Å². The lowest BCUT2D eigenvalue weighted by Gasteiger charge is -2.51. The zero-order chi connectivity index (χ0) is 19.1. The second kappa shape index (κ2) is 6.54. The van der Waals surface area contributed by atoms with Gasteiger partial charge in [-0.15, -0.1) is 0 Å². The molecule has 0 saturated heterocycles. The largest absolute Gasteiger partial charge is 0.311 e. The molecule has 0 aliphatic carbocycles. The molecule has 0 spiro atoms. The van der Waals surface area contributed by atoms with Crippen LogP contribution in [0.4, 0.5) is 5.95 Å². The van der Waals surface area contributed by atoms with E-state index in [-0.39, 0.29) is 10.1 Å². The summed E-state index contributed by atoms with van der Waals surface area (Å²) in [6.45, 7) is 27.7. The van der Waals surface area contributed by atoms with Crippen molar-refractivity contribution in [3.8, 4) is 0 Å². The minimum absolute atomic E-state index is 0.198. The molecule has 1 N–H and O–H groups in total. The first-order chi connectivity index (χ1) is 10.5. The van der Waals surface area contributed by atoms with Gasteiger partial charge in [-0.25, -0.2) is 9.97 Å². The van der Waals surface area contributed by atoms with E-state index >= 15 is 0 Å². The molecule has 0 aliphatic heterocycles. The van der Waals surface area contributed by atoms with Gasteiger partial charge in [0.15, 0.2) is 8.24 Å². The summed E-state index contributed by atoms with van der Waals surface area (Å²) in [4.78, 5) is 9.58. The van der Waals surface area contributed by atoms with Crippen LogP contribution in [0.1, 0.15) is 52.9 Å². The number of hydrogen-bond donors (Lipinski definition) is 1. The number of hydrazine groups is 1. The van der Waals surface area contributed by atoms with E-state index in [0.717, 1.165) is 17.3 Å². The van der Waals surface area contributed by atoms with Crippen molar-refractivity contribution >= 4 is 22.4 Å². The van der Waals surface area contributed by atoms with Gasteiger partial charge in [-0.3, -0.25) is 5.09 Å². The van der Waals surface area contributed by atoms with E-state index in [2.05, 4.69) is 77.5 Å². The first-order valence-electron chi connectivity index (χ1n) is 8.89. The average Bonchev–Trinajstić information content (AvgIpc) is 2.31. The van der Waals surface area contributed by atoms with Crippen LogP contribution in [0.25, 0.3) is 0 Å². The SMILES string of the molecule is Cc1cc(C)nc(N(N[Si](C)(C)C(C)(C)C)[Si](C)(C)C(C)(C)C)n1. The van der Waals surface area contributed by atoms with Gasteiger partial charge >= 0.3 is 0 Å². The van der Waals surface area contributed by atoms with E-state index in [0.29, 0.717) is 0 Å². The maximum atomic E-state index is 4.79. The van der Waals surface area contributed by atoms with Gasteiger partial charge in [0.05, 0.1) is 0 Å². The number of aryl methyl sites for hydroxylation is 2. The molecule has 1 aromatic heterocycles. The van der Waals surface area contributed by atoms with Crippen LogP contribution in [0.5, 0.6) is 0 Å². The summed E-state index contributed by atoms with van der Waals surface area (Å²) in [5.41, 5.74) is 2.05. The monoisotopic (exact) mass is 366 g/mol. The minimum Gasteiger partial charge on any atom is -0.311 e. The van der Waals surface area contributed by atoms with Crippen molar-refractivity contribution in [2.75, 3.05) is 4.67 Å². The lowest BCUT2D eigenvalue weighted by atomic mass is 10.2. The maximum absolute atomic E-state index is 4.79. The predicted molar refractivity (Wildman–Crippen MR) is 112 cm³/mol. The fourth-order valence-electron chi connectivity index (χ4n) is 2.03. The molecule has 0 aromatic carbocycles. The third-order valence-electron chi connectivity index (χ3n) is 5.83. The Morgan fingerprint density at radius 2 is 1.25 bits per heavy atom. The molecule has 0 atom stereocenters. The molecular formula is C18H38N4Si2. The molecule has 0 aliphatic rings. The number of anilines is 1. The Labute approximate surface area is 151 Å². The molecule has 0 fully saturated rings. The standard InChI is InChI=1S/C18H38N4Si2/c1-14-13-15(2)20-16(19-14)22(24(11,12)18(6,7)8)21-23(9,10)17(3,4)5/h13,21H,1-12H3. The van der Waals surface area contributed by atoms with Crippen LogP contribution < -0.4 is 9.77 Å². The van der Waals surface area contributed by atoms with Crippen LogP contribution in [0.15, 0.2) is 6.07 Å². The third-order valence-corrected chi connectivity index (χ3v) is 15.7. The van der Waals surface area contributed by atoms with Crippen molar-refractivity contribution in [2.45, 2.75) is 91.7 Å². The van der Waals surface area contributed by atoms with E-state index in [1.54, 1.807) is 0 Å². The Kier molecular flexibility index (Phi) is 5.80. The predicted octanol–water partition coefficient (Wildman–Crippen LogP) is 5.41. The fraction of sp³-hybridized carbons (Fsp3) is 0.778. The highest BCUT2D eigenvalue weighted by atomic mass is 28.3. The fourth-order valence-corrected chi connectivity index (χ4v) is 6.25. The lowest BCUT2D eigenvalue weighted by molar-refractivity contribution is 0.661. The number of nitrogens with zero attached hydrogens (tertiary/aromatic N) is 3. The molecule has 0 unspecified atom stereocenters. The van der Waals surface area contributed by atoms with Gasteiger partial charge in [-0.2, -0.15) is 0 Å². The molecule has 0 saturated carbocycles. The van der Waals surface area contributed by atoms with Gasteiger partial charge in [0.1, 0.15) is 8.24 Å². The van der Waals surface area contributed by atoms with Crippen molar-refractivity contribution in [2.24, 2.45) is 0 Å². The van der Waals surface area contributed by atoms with Crippen molar-refractivity contribution in [3.05, 3.63) is 17.5 Å². The number of nitrogens with one attached hydrogen (secondary N) is 1. The highest BCUT2D eigenvalue weighted by Gasteiger charge is 2.47. The van der Waals surface area contributed by atoms with Gasteiger partial charge in [-0.05, 0) is 43.1 Å². The summed E-state index contributed by atoms with van der Waals surface area (Å²) in [6.07, 6.45) is 0. The van der Waals surface area contributed by atoms with Crippen molar-refractivity contribution in [1.82, 2.24) is 15.1 Å². The molecular weight excluding hydrogens is 328 g/mol. The number of hydrogen-bond acceptors (Lipinski definition) is 4. The molecule has 0 amide bonds. The lowest BCUT2D eigenvalue weighted by Crippen LogP contribution is -2.70. The molecule has 0 radical (unpaired) electrons.